The van der Waals surface area contributed by atoms with Crippen molar-refractivity contribution in [2.24, 2.45) is 0 Å². The molecule has 10 atom stereocenters. The zero-order valence-corrected chi connectivity index (χ0v) is 16.4. The van der Waals surface area contributed by atoms with Gasteiger partial charge in [-0.1, -0.05) is 0 Å². The number of non-ortho nitro benzene ring substituents is 1. The van der Waals surface area contributed by atoms with Crippen LogP contribution in [-0.4, -0.2) is 104 Å². The lowest BCUT2D eigenvalue weighted by Gasteiger charge is -2.45. The molecule has 13 heteroatoms. The maximum absolute atomic E-state index is 10.8. The van der Waals surface area contributed by atoms with Gasteiger partial charge in [-0.2, -0.15) is 0 Å². The van der Waals surface area contributed by atoms with Crippen molar-refractivity contribution in [3.8, 4) is 5.75 Å². The zero-order chi connectivity index (χ0) is 22.9. The van der Waals surface area contributed by atoms with Crippen molar-refractivity contribution < 1.29 is 54.5 Å². The smallest absolute Gasteiger partial charge is 0.269 e. The summed E-state index contributed by atoms with van der Waals surface area (Å²) in [5.41, 5.74) is -0.186. The lowest BCUT2D eigenvalue weighted by atomic mass is 9.97. The lowest BCUT2D eigenvalue weighted by molar-refractivity contribution is -0.384. The van der Waals surface area contributed by atoms with Crippen LogP contribution in [-0.2, 0) is 14.2 Å². The van der Waals surface area contributed by atoms with Crippen molar-refractivity contribution in [2.75, 3.05) is 6.61 Å². The first-order valence-corrected chi connectivity index (χ1v) is 9.52. The Morgan fingerprint density at radius 1 is 0.935 bits per heavy atom. The molecule has 13 nitrogen and oxygen atoms in total. The number of aliphatic hydroxyl groups excluding tert-OH is 6. The molecular weight excluding hydrogens is 422 g/mol. The Bertz CT molecular complexity index is 748. The monoisotopic (exact) mass is 447 g/mol. The first-order chi connectivity index (χ1) is 14.6. The van der Waals surface area contributed by atoms with Crippen LogP contribution in [0.25, 0.3) is 0 Å². The highest BCUT2D eigenvalue weighted by Crippen LogP contribution is 2.31. The van der Waals surface area contributed by atoms with Crippen LogP contribution in [0.2, 0.25) is 0 Å². The van der Waals surface area contributed by atoms with Crippen molar-refractivity contribution in [3.05, 3.63) is 34.4 Å². The molecule has 6 N–H and O–H groups in total. The van der Waals surface area contributed by atoms with E-state index in [1.165, 1.54) is 31.2 Å². The highest BCUT2D eigenvalue weighted by atomic mass is 16.8. The average molecular weight is 447 g/mol. The molecule has 0 bridgehead atoms. The number of hydrogen-bond acceptors (Lipinski definition) is 12. The van der Waals surface area contributed by atoms with Crippen LogP contribution in [0, 0.1) is 10.1 Å². The maximum atomic E-state index is 10.8. The van der Waals surface area contributed by atoms with Gasteiger partial charge in [-0.3, -0.25) is 10.1 Å². The van der Waals surface area contributed by atoms with Crippen LogP contribution in [0.1, 0.15) is 6.92 Å². The molecule has 2 aliphatic heterocycles. The minimum atomic E-state index is -1.69. The number of nitrogens with zero attached hydrogens (tertiary/aromatic N) is 1. The third-order valence-corrected chi connectivity index (χ3v) is 5.22. The summed E-state index contributed by atoms with van der Waals surface area (Å²) in [6, 6.07) is 4.91. The normalized spacial score (nSPS) is 41.0. The molecule has 0 saturated carbocycles. The lowest BCUT2D eigenvalue weighted by Crippen LogP contribution is -2.64. The van der Waals surface area contributed by atoms with E-state index in [0.717, 1.165) is 0 Å². The Morgan fingerprint density at radius 2 is 1.58 bits per heavy atom. The summed E-state index contributed by atoms with van der Waals surface area (Å²) in [4.78, 5) is 10.2. The molecule has 1 aromatic carbocycles. The molecule has 0 aliphatic carbocycles. The first-order valence-electron chi connectivity index (χ1n) is 9.52. The van der Waals surface area contributed by atoms with Crippen molar-refractivity contribution in [2.45, 2.75) is 68.3 Å². The van der Waals surface area contributed by atoms with Gasteiger partial charge >= 0.3 is 0 Å². The van der Waals surface area contributed by atoms with Crippen LogP contribution in [0.15, 0.2) is 24.3 Å². The molecule has 0 amide bonds. The maximum Gasteiger partial charge on any atom is 0.269 e. The highest BCUT2D eigenvalue weighted by Gasteiger charge is 2.50. The summed E-state index contributed by atoms with van der Waals surface area (Å²) in [6.07, 6.45) is -14.5. The average Bonchev–Trinajstić information content (AvgIpc) is 2.75. The molecule has 2 saturated heterocycles. The zero-order valence-electron chi connectivity index (χ0n) is 16.4. The standard InChI is InChI=1S/C18H25NO12/c1-7-11(21)13(23)15(25)17(28-7)31-16-14(24)12(22)10(6-20)30-18(16)29-9-4-2-8(3-5-9)19(26)27/h2-5,7,10-18,20-25H,6H2,1H3/t7-,10+,11-,12+,13+,14-,15-,16+,17+,18+/m1/s1. The van der Waals surface area contributed by atoms with Crippen molar-refractivity contribution in [1.82, 2.24) is 0 Å². The van der Waals surface area contributed by atoms with Gasteiger partial charge in [0.2, 0.25) is 6.29 Å². The first kappa shape index (κ1) is 23.7. The molecular formula is C18H25NO12. The molecule has 31 heavy (non-hydrogen) atoms. The molecule has 2 heterocycles. The second-order valence-corrected chi connectivity index (χ2v) is 7.36. The summed E-state index contributed by atoms with van der Waals surface area (Å²) in [6.45, 7) is 0.779. The second kappa shape index (κ2) is 9.68. The fraction of sp³-hybridized carbons (Fsp3) is 0.667. The third-order valence-electron chi connectivity index (χ3n) is 5.22. The van der Waals surface area contributed by atoms with Gasteiger partial charge in [-0.05, 0) is 19.1 Å². The van der Waals surface area contributed by atoms with Crippen LogP contribution in [0.3, 0.4) is 0 Å². The summed E-state index contributed by atoms with van der Waals surface area (Å²) in [5, 5.41) is 70.9. The number of aliphatic hydroxyl groups is 6. The van der Waals surface area contributed by atoms with Gasteiger partial charge in [-0.15, -0.1) is 0 Å². The number of benzene rings is 1. The van der Waals surface area contributed by atoms with Crippen LogP contribution in [0.5, 0.6) is 5.75 Å². The quantitative estimate of drug-likeness (QED) is 0.200. The molecule has 0 aromatic heterocycles. The Balaban J connectivity index is 1.81. The number of hydrogen-bond donors (Lipinski definition) is 6. The van der Waals surface area contributed by atoms with E-state index >= 15 is 0 Å². The topological polar surface area (TPSA) is 201 Å². The minimum Gasteiger partial charge on any atom is -0.462 e. The largest absolute Gasteiger partial charge is 0.462 e. The van der Waals surface area contributed by atoms with Gasteiger partial charge in [0.05, 0.1) is 17.6 Å². The number of ether oxygens (including phenoxy) is 4. The van der Waals surface area contributed by atoms with E-state index in [9.17, 15) is 40.8 Å². The van der Waals surface area contributed by atoms with Gasteiger partial charge in [0.15, 0.2) is 12.4 Å². The van der Waals surface area contributed by atoms with E-state index in [4.69, 9.17) is 18.9 Å². The number of nitro benzene ring substituents is 1. The van der Waals surface area contributed by atoms with E-state index in [-0.39, 0.29) is 11.4 Å². The van der Waals surface area contributed by atoms with Gasteiger partial charge in [0, 0.05) is 12.1 Å². The Morgan fingerprint density at radius 3 is 2.16 bits per heavy atom. The van der Waals surface area contributed by atoms with E-state index in [1.807, 2.05) is 0 Å². The number of rotatable bonds is 6. The van der Waals surface area contributed by atoms with Crippen molar-refractivity contribution >= 4 is 5.69 Å². The van der Waals surface area contributed by atoms with Crippen LogP contribution in [0.4, 0.5) is 5.69 Å². The molecule has 0 radical (unpaired) electrons. The SMILES string of the molecule is C[C@H]1O[C@@H](O[C@@H]2[C@@H](Oc3ccc([N+](=O)[O-])cc3)O[C@@H](CO)[C@H](O)[C@H]2O)[C@H](O)[C@@H](O)[C@@H]1O. The van der Waals surface area contributed by atoms with E-state index < -0.39 is 72.9 Å². The Kier molecular flexibility index (Phi) is 7.41. The molecule has 1 aromatic rings. The van der Waals surface area contributed by atoms with Crippen LogP contribution < -0.4 is 4.74 Å². The predicted molar refractivity (Wildman–Crippen MR) is 98.7 cm³/mol. The summed E-state index contributed by atoms with van der Waals surface area (Å²) < 4.78 is 22.0. The van der Waals surface area contributed by atoms with Gasteiger partial charge in [0.1, 0.15) is 42.4 Å². The molecule has 0 spiro atoms. The minimum absolute atomic E-state index is 0.0958. The molecule has 2 fully saturated rings. The summed E-state index contributed by atoms with van der Waals surface area (Å²) in [5.74, 6) is 0.0958. The molecule has 3 rings (SSSR count). The fourth-order valence-electron chi connectivity index (χ4n) is 3.36. The summed E-state index contributed by atoms with van der Waals surface area (Å²) in [7, 11) is 0. The fourth-order valence-corrected chi connectivity index (χ4v) is 3.36. The number of nitro groups is 1. The van der Waals surface area contributed by atoms with E-state index in [2.05, 4.69) is 0 Å². The van der Waals surface area contributed by atoms with Gasteiger partial charge in [-0.25, -0.2) is 0 Å². The van der Waals surface area contributed by atoms with Crippen LogP contribution >= 0.6 is 0 Å². The van der Waals surface area contributed by atoms with Crippen molar-refractivity contribution in [1.29, 1.82) is 0 Å². The van der Waals surface area contributed by atoms with E-state index in [0.29, 0.717) is 0 Å². The Hall–Kier alpha value is -1.94. The Labute approximate surface area is 176 Å². The van der Waals surface area contributed by atoms with Crippen molar-refractivity contribution in [3.63, 3.8) is 0 Å². The second-order valence-electron chi connectivity index (χ2n) is 7.36. The van der Waals surface area contributed by atoms with E-state index in [1.54, 1.807) is 0 Å². The predicted octanol–water partition coefficient (Wildman–Crippen LogP) is -2.37. The molecule has 2 aliphatic rings. The summed E-state index contributed by atoms with van der Waals surface area (Å²) >= 11 is 0. The highest BCUT2D eigenvalue weighted by molar-refractivity contribution is 5.36. The third kappa shape index (κ3) is 4.95. The van der Waals surface area contributed by atoms with Gasteiger partial charge < -0.3 is 49.6 Å². The molecule has 0 unspecified atom stereocenters. The van der Waals surface area contributed by atoms with Gasteiger partial charge in [0.25, 0.3) is 5.69 Å². The molecule has 174 valence electrons.